The first-order valence-electron chi connectivity index (χ1n) is 3.68. The Labute approximate surface area is 96.7 Å². The second-order valence-electron chi connectivity index (χ2n) is 2.58. The second kappa shape index (κ2) is 4.59. The highest BCUT2D eigenvalue weighted by Crippen LogP contribution is 2.34. The molecule has 84 valence electrons. The molecule has 15 heavy (non-hydrogen) atoms. The molecular weight excluding hydrogens is 300 g/mol. The van der Waals surface area contributed by atoms with Crippen molar-refractivity contribution in [3.63, 3.8) is 0 Å². The highest BCUT2D eigenvalue weighted by Gasteiger charge is 2.32. The van der Waals surface area contributed by atoms with E-state index in [-0.39, 0.29) is 15.1 Å². The number of aliphatic hydroxyl groups excluding tert-OH is 1. The van der Waals surface area contributed by atoms with Crippen LogP contribution in [0.1, 0.15) is 5.56 Å². The highest BCUT2D eigenvalue weighted by atomic mass is 79.9. The molecule has 0 aliphatic rings. The van der Waals surface area contributed by atoms with E-state index in [2.05, 4.69) is 20.7 Å². The van der Waals surface area contributed by atoms with Crippen LogP contribution in [0.3, 0.4) is 0 Å². The molecule has 0 amide bonds. The zero-order valence-corrected chi connectivity index (χ0v) is 9.45. The smallest absolute Gasteiger partial charge is 0.405 e. The highest BCUT2D eigenvalue weighted by molar-refractivity contribution is 9.10. The Kier molecular flexibility index (Phi) is 3.86. The molecule has 0 saturated heterocycles. The van der Waals surface area contributed by atoms with E-state index in [4.69, 9.17) is 16.7 Å². The number of hydrogen-bond donors (Lipinski definition) is 1. The van der Waals surface area contributed by atoms with Gasteiger partial charge in [-0.1, -0.05) is 11.6 Å². The van der Waals surface area contributed by atoms with Gasteiger partial charge >= 0.3 is 6.36 Å². The predicted octanol–water partition coefficient (Wildman–Crippen LogP) is 3.49. The van der Waals surface area contributed by atoms with Crippen LogP contribution in [0.15, 0.2) is 16.6 Å². The Morgan fingerprint density at radius 3 is 2.47 bits per heavy atom. The Morgan fingerprint density at radius 1 is 1.40 bits per heavy atom. The van der Waals surface area contributed by atoms with E-state index in [9.17, 15) is 13.2 Å². The molecule has 0 spiro atoms. The van der Waals surface area contributed by atoms with Crippen molar-refractivity contribution in [3.8, 4) is 5.75 Å². The summed E-state index contributed by atoms with van der Waals surface area (Å²) < 4.78 is 39.5. The molecule has 1 N–H and O–H groups in total. The molecule has 1 aromatic carbocycles. The van der Waals surface area contributed by atoms with Gasteiger partial charge < -0.3 is 9.84 Å². The normalized spacial score (nSPS) is 11.6. The lowest BCUT2D eigenvalue weighted by Crippen LogP contribution is -2.17. The molecule has 0 aliphatic heterocycles. The molecule has 0 heterocycles. The van der Waals surface area contributed by atoms with Crippen LogP contribution >= 0.6 is 27.5 Å². The third kappa shape index (κ3) is 3.55. The molecule has 1 aromatic rings. The van der Waals surface area contributed by atoms with Gasteiger partial charge in [-0.15, -0.1) is 13.2 Å². The van der Waals surface area contributed by atoms with Crippen molar-refractivity contribution in [2.24, 2.45) is 0 Å². The van der Waals surface area contributed by atoms with Crippen LogP contribution in [0.5, 0.6) is 5.75 Å². The van der Waals surface area contributed by atoms with Crippen molar-refractivity contribution in [3.05, 3.63) is 27.2 Å². The van der Waals surface area contributed by atoms with Gasteiger partial charge in [-0.05, 0) is 33.6 Å². The fourth-order valence-corrected chi connectivity index (χ4v) is 1.67. The van der Waals surface area contributed by atoms with Crippen LogP contribution in [0.25, 0.3) is 0 Å². The summed E-state index contributed by atoms with van der Waals surface area (Å²) in [7, 11) is 0. The maximum absolute atomic E-state index is 11.9. The molecule has 0 fully saturated rings. The number of aliphatic hydroxyl groups is 1. The molecule has 0 atom stereocenters. The molecular formula is C8H5BrClF3O2. The third-order valence-corrected chi connectivity index (χ3v) is 2.47. The van der Waals surface area contributed by atoms with Crippen LogP contribution in [-0.4, -0.2) is 11.5 Å². The number of ether oxygens (including phenoxy) is 1. The summed E-state index contributed by atoms with van der Waals surface area (Å²) in [6.07, 6.45) is -4.77. The van der Waals surface area contributed by atoms with Gasteiger partial charge in [-0.25, -0.2) is 0 Å². The number of halogens is 5. The molecule has 0 saturated carbocycles. The standard InChI is InChI=1S/C8H5BrClF3O2/c9-5-2-6(10)4(3-14)1-7(5)15-8(11,12)13/h1-2,14H,3H2. The number of alkyl halides is 3. The molecule has 7 heteroatoms. The predicted molar refractivity (Wildman–Crippen MR) is 51.8 cm³/mol. The van der Waals surface area contributed by atoms with Gasteiger partial charge in [-0.2, -0.15) is 0 Å². The first-order valence-corrected chi connectivity index (χ1v) is 4.85. The SMILES string of the molecule is OCc1cc(OC(F)(F)F)c(Br)cc1Cl. The van der Waals surface area contributed by atoms with Crippen LogP contribution < -0.4 is 4.74 Å². The fraction of sp³-hybridized carbons (Fsp3) is 0.250. The van der Waals surface area contributed by atoms with Gasteiger partial charge in [0.2, 0.25) is 0 Å². The second-order valence-corrected chi connectivity index (χ2v) is 3.84. The molecule has 1 rings (SSSR count). The van der Waals surface area contributed by atoms with Gasteiger partial charge in [0.25, 0.3) is 0 Å². The van der Waals surface area contributed by atoms with Crippen LogP contribution in [0, 0.1) is 0 Å². The lowest BCUT2D eigenvalue weighted by Gasteiger charge is -2.12. The van der Waals surface area contributed by atoms with Gasteiger partial charge in [0.1, 0.15) is 5.75 Å². The number of rotatable bonds is 2. The summed E-state index contributed by atoms with van der Waals surface area (Å²) in [5.41, 5.74) is 0.166. The maximum Gasteiger partial charge on any atom is 0.573 e. The minimum Gasteiger partial charge on any atom is -0.405 e. The van der Waals surface area contributed by atoms with Crippen LogP contribution in [0.4, 0.5) is 13.2 Å². The van der Waals surface area contributed by atoms with Gasteiger partial charge in [-0.3, -0.25) is 0 Å². The topological polar surface area (TPSA) is 29.5 Å². The largest absolute Gasteiger partial charge is 0.573 e. The van der Waals surface area contributed by atoms with E-state index in [0.717, 1.165) is 6.07 Å². The minimum absolute atomic E-state index is 0.0713. The summed E-state index contributed by atoms with van der Waals surface area (Å²) in [6, 6.07) is 2.26. The molecule has 0 unspecified atom stereocenters. The van der Waals surface area contributed by atoms with Crippen molar-refractivity contribution in [2.75, 3.05) is 0 Å². The first-order chi connectivity index (χ1) is 6.83. The zero-order valence-electron chi connectivity index (χ0n) is 7.11. The van der Waals surface area contributed by atoms with Crippen LogP contribution in [0.2, 0.25) is 5.02 Å². The lowest BCUT2D eigenvalue weighted by atomic mass is 10.2. The van der Waals surface area contributed by atoms with E-state index < -0.39 is 18.7 Å². The average Bonchev–Trinajstić information content (AvgIpc) is 2.07. The molecule has 0 aliphatic carbocycles. The van der Waals surface area contributed by atoms with Crippen molar-refractivity contribution in [1.82, 2.24) is 0 Å². The summed E-state index contributed by atoms with van der Waals surface area (Å²) in [5, 5.41) is 8.96. The summed E-state index contributed by atoms with van der Waals surface area (Å²) in [5.74, 6) is -0.434. The molecule has 0 aromatic heterocycles. The van der Waals surface area contributed by atoms with Gasteiger partial charge in [0.05, 0.1) is 11.1 Å². The summed E-state index contributed by atoms with van der Waals surface area (Å²) in [6.45, 7) is -0.458. The van der Waals surface area contributed by atoms with Crippen molar-refractivity contribution < 1.29 is 23.0 Å². The van der Waals surface area contributed by atoms with E-state index in [1.807, 2.05) is 0 Å². The van der Waals surface area contributed by atoms with E-state index in [0.29, 0.717) is 0 Å². The monoisotopic (exact) mass is 304 g/mol. The van der Waals surface area contributed by atoms with Crippen molar-refractivity contribution in [1.29, 1.82) is 0 Å². The molecule has 2 nitrogen and oxygen atoms in total. The Morgan fingerprint density at radius 2 is 2.00 bits per heavy atom. The van der Waals surface area contributed by atoms with Crippen molar-refractivity contribution >= 4 is 27.5 Å². The molecule has 0 bridgehead atoms. The minimum atomic E-state index is -4.77. The van der Waals surface area contributed by atoms with E-state index >= 15 is 0 Å². The Hall–Kier alpha value is -0.460. The first kappa shape index (κ1) is 12.6. The maximum atomic E-state index is 11.9. The van der Waals surface area contributed by atoms with E-state index in [1.54, 1.807) is 0 Å². The van der Waals surface area contributed by atoms with E-state index in [1.165, 1.54) is 6.07 Å². The summed E-state index contributed by atoms with van der Waals surface area (Å²) in [4.78, 5) is 0. The van der Waals surface area contributed by atoms with Crippen LogP contribution in [-0.2, 0) is 6.61 Å². The fourth-order valence-electron chi connectivity index (χ4n) is 0.895. The number of hydrogen-bond acceptors (Lipinski definition) is 2. The summed E-state index contributed by atoms with van der Waals surface area (Å²) >= 11 is 8.52. The van der Waals surface area contributed by atoms with Gasteiger partial charge in [0.15, 0.2) is 0 Å². The van der Waals surface area contributed by atoms with Gasteiger partial charge in [0, 0.05) is 5.02 Å². The average molecular weight is 305 g/mol. The number of benzene rings is 1. The lowest BCUT2D eigenvalue weighted by molar-refractivity contribution is -0.274. The zero-order chi connectivity index (χ0) is 11.6. The van der Waals surface area contributed by atoms with Crippen molar-refractivity contribution in [2.45, 2.75) is 13.0 Å². The third-order valence-electron chi connectivity index (χ3n) is 1.50. The Bertz CT molecular complexity index is 368. The quantitative estimate of drug-likeness (QED) is 0.906. The molecule has 0 radical (unpaired) electrons. The Balaban J connectivity index is 3.08.